The number of ketones is 1. The average molecular weight is 475 g/mol. The number of thiophene rings is 1. The lowest BCUT2D eigenvalue weighted by molar-refractivity contribution is -0.115. The van der Waals surface area contributed by atoms with Gasteiger partial charge in [0, 0.05) is 10.8 Å². The lowest BCUT2D eigenvalue weighted by atomic mass is 9.88. The van der Waals surface area contributed by atoms with Gasteiger partial charge in [0.1, 0.15) is 11.4 Å². The molecule has 6 nitrogen and oxygen atoms in total. The number of hydrogen-bond donors (Lipinski definition) is 1. The van der Waals surface area contributed by atoms with Crippen LogP contribution in [0.2, 0.25) is 0 Å². The second-order valence-electron chi connectivity index (χ2n) is 9.01. The van der Waals surface area contributed by atoms with Gasteiger partial charge in [0.25, 0.3) is 5.91 Å². The maximum atomic E-state index is 13.6. The van der Waals surface area contributed by atoms with Crippen LogP contribution in [0.3, 0.4) is 0 Å². The number of benzene rings is 2. The molecule has 2 heterocycles. The van der Waals surface area contributed by atoms with Crippen molar-refractivity contribution in [2.75, 3.05) is 12.4 Å². The number of rotatable bonds is 6. The number of amides is 1. The first kappa shape index (κ1) is 23.4. The molecular weight excluding hydrogens is 448 g/mol. The Morgan fingerprint density at radius 2 is 1.68 bits per heavy atom. The molecule has 0 radical (unpaired) electrons. The normalized spacial score (nSPS) is 11.4. The first-order valence-corrected chi connectivity index (χ1v) is 11.8. The number of fused-ring (bicyclic) bond motifs is 1. The van der Waals surface area contributed by atoms with Crippen LogP contribution in [0, 0.1) is 5.41 Å². The summed E-state index contributed by atoms with van der Waals surface area (Å²) in [5.41, 5.74) is 1.17. The molecule has 0 saturated heterocycles. The fraction of sp³-hybridized carbons (Fsp3) is 0.222. The third-order valence-electron chi connectivity index (χ3n) is 5.49. The lowest BCUT2D eigenvalue weighted by Gasteiger charge is -2.19. The van der Waals surface area contributed by atoms with E-state index in [0.29, 0.717) is 27.2 Å². The van der Waals surface area contributed by atoms with E-state index in [1.807, 2.05) is 35.7 Å². The molecule has 0 bridgehead atoms. The Bertz CT molecular complexity index is 1360. The van der Waals surface area contributed by atoms with E-state index in [9.17, 15) is 14.4 Å². The van der Waals surface area contributed by atoms with Crippen molar-refractivity contribution in [3.05, 3.63) is 82.2 Å². The Balaban J connectivity index is 1.82. The summed E-state index contributed by atoms with van der Waals surface area (Å²) in [6.07, 6.45) is 0.117. The largest absolute Gasteiger partial charge is 0.497 e. The van der Waals surface area contributed by atoms with Crippen molar-refractivity contribution in [1.82, 2.24) is 4.57 Å². The Morgan fingerprint density at radius 1 is 0.971 bits per heavy atom. The van der Waals surface area contributed by atoms with Crippen LogP contribution >= 0.6 is 11.3 Å². The third kappa shape index (κ3) is 4.52. The Kier molecular flexibility index (Phi) is 6.39. The zero-order chi connectivity index (χ0) is 24.5. The molecule has 2 aromatic carbocycles. The van der Waals surface area contributed by atoms with Gasteiger partial charge in [-0.3, -0.25) is 19.0 Å². The second kappa shape index (κ2) is 9.27. The van der Waals surface area contributed by atoms with Crippen molar-refractivity contribution < 1.29 is 19.1 Å². The quantitative estimate of drug-likeness (QED) is 0.358. The summed E-state index contributed by atoms with van der Waals surface area (Å²) in [5.74, 6) is -0.0974. The Morgan fingerprint density at radius 3 is 2.29 bits per heavy atom. The van der Waals surface area contributed by atoms with Crippen LogP contribution in [0.5, 0.6) is 5.75 Å². The smallest absolute Gasteiger partial charge is 0.273 e. The molecular formula is C27H26N2O4S. The minimum Gasteiger partial charge on any atom is -0.497 e. The van der Waals surface area contributed by atoms with Crippen LogP contribution in [-0.4, -0.2) is 29.3 Å². The van der Waals surface area contributed by atoms with E-state index in [4.69, 9.17) is 4.74 Å². The van der Waals surface area contributed by atoms with E-state index in [2.05, 4.69) is 5.32 Å². The van der Waals surface area contributed by atoms with Crippen molar-refractivity contribution in [3.8, 4) is 5.75 Å². The van der Waals surface area contributed by atoms with Crippen molar-refractivity contribution in [2.24, 2.45) is 5.41 Å². The lowest BCUT2D eigenvalue weighted by Crippen LogP contribution is -2.27. The highest BCUT2D eigenvalue weighted by molar-refractivity contribution is 7.12. The van der Waals surface area contributed by atoms with Crippen LogP contribution in [-0.2, 0) is 11.2 Å². The molecule has 0 aliphatic heterocycles. The number of methoxy groups -OCH3 is 1. The minimum atomic E-state index is -0.767. The molecule has 1 amide bonds. The van der Waals surface area contributed by atoms with Crippen LogP contribution in [0.15, 0.2) is 66.0 Å². The molecule has 0 unspecified atom stereocenters. The van der Waals surface area contributed by atoms with E-state index in [-0.39, 0.29) is 29.7 Å². The van der Waals surface area contributed by atoms with Crippen molar-refractivity contribution in [3.63, 3.8) is 0 Å². The van der Waals surface area contributed by atoms with Crippen LogP contribution in [0.4, 0.5) is 5.69 Å². The number of aromatic nitrogens is 1. The summed E-state index contributed by atoms with van der Waals surface area (Å²) < 4.78 is 6.62. The highest BCUT2D eigenvalue weighted by Gasteiger charge is 2.33. The second-order valence-corrected chi connectivity index (χ2v) is 9.96. The number of carbonyl (C=O) groups excluding carboxylic acids is 3. The predicted octanol–water partition coefficient (Wildman–Crippen LogP) is 5.81. The van der Waals surface area contributed by atoms with E-state index in [0.717, 1.165) is 5.56 Å². The Labute approximate surface area is 202 Å². The first-order chi connectivity index (χ1) is 16.2. The predicted molar refractivity (Wildman–Crippen MR) is 135 cm³/mol. The molecule has 4 rings (SSSR count). The summed E-state index contributed by atoms with van der Waals surface area (Å²) in [7, 11) is 1.59. The highest BCUT2D eigenvalue weighted by Crippen LogP contribution is 2.36. The number of carbonyl (C=O) groups is 3. The molecule has 1 N–H and O–H groups in total. The number of anilines is 1. The van der Waals surface area contributed by atoms with E-state index in [1.165, 1.54) is 15.9 Å². The van der Waals surface area contributed by atoms with Crippen LogP contribution < -0.4 is 10.1 Å². The standard InChI is InChI=1S/C27H26N2O4S/c1-27(2,3)25(31)24-23(28-22(30)16-17-11-13-18(33-4)14-12-17)19-8-5-6-9-20(19)29(24)26(32)21-10-7-15-34-21/h5-15H,16H2,1-4H3,(H,28,30). The Hall–Kier alpha value is -3.71. The molecule has 0 aliphatic carbocycles. The van der Waals surface area contributed by atoms with Crippen LogP contribution in [0.25, 0.3) is 10.9 Å². The number of hydrogen-bond acceptors (Lipinski definition) is 5. The van der Waals surface area contributed by atoms with Gasteiger partial charge < -0.3 is 10.1 Å². The monoisotopic (exact) mass is 474 g/mol. The number of nitrogens with one attached hydrogen (secondary N) is 1. The molecule has 34 heavy (non-hydrogen) atoms. The summed E-state index contributed by atoms with van der Waals surface area (Å²) in [5, 5.41) is 5.41. The summed E-state index contributed by atoms with van der Waals surface area (Å²) in [4.78, 5) is 40.7. The molecule has 2 aromatic heterocycles. The van der Waals surface area contributed by atoms with Gasteiger partial charge in [-0.15, -0.1) is 11.3 Å². The first-order valence-electron chi connectivity index (χ1n) is 10.9. The maximum Gasteiger partial charge on any atom is 0.273 e. The zero-order valence-corrected chi connectivity index (χ0v) is 20.4. The number of nitrogens with zero attached hydrogens (tertiary/aromatic N) is 1. The van der Waals surface area contributed by atoms with Gasteiger partial charge in [-0.25, -0.2) is 0 Å². The average Bonchev–Trinajstić information content (AvgIpc) is 3.45. The SMILES string of the molecule is COc1ccc(CC(=O)Nc2c(C(=O)C(C)(C)C)n(C(=O)c3cccs3)c3ccccc23)cc1. The van der Waals surface area contributed by atoms with Gasteiger partial charge in [-0.2, -0.15) is 0 Å². The summed E-state index contributed by atoms with van der Waals surface area (Å²) in [6, 6.07) is 18.0. The number of para-hydroxylation sites is 1. The van der Waals surface area contributed by atoms with Crippen LogP contribution in [0.1, 0.15) is 46.5 Å². The van der Waals surface area contributed by atoms with Crippen molar-refractivity contribution in [2.45, 2.75) is 27.2 Å². The van der Waals surface area contributed by atoms with E-state index < -0.39 is 5.41 Å². The molecule has 4 aromatic rings. The summed E-state index contributed by atoms with van der Waals surface area (Å²) in [6.45, 7) is 5.40. The van der Waals surface area contributed by atoms with Gasteiger partial charge >= 0.3 is 0 Å². The minimum absolute atomic E-state index is 0.117. The number of Topliss-reactive ketones (excluding diaryl/α,β-unsaturated/α-hetero) is 1. The molecule has 0 saturated carbocycles. The van der Waals surface area contributed by atoms with Crippen molar-refractivity contribution in [1.29, 1.82) is 0 Å². The van der Waals surface area contributed by atoms with E-state index in [1.54, 1.807) is 58.2 Å². The summed E-state index contributed by atoms with van der Waals surface area (Å²) >= 11 is 1.31. The molecule has 0 aliphatic rings. The molecule has 7 heteroatoms. The highest BCUT2D eigenvalue weighted by atomic mass is 32.1. The zero-order valence-electron chi connectivity index (χ0n) is 19.5. The topological polar surface area (TPSA) is 77.4 Å². The van der Waals surface area contributed by atoms with Gasteiger partial charge in [0.2, 0.25) is 5.91 Å². The molecule has 0 spiro atoms. The molecule has 174 valence electrons. The van der Waals surface area contributed by atoms with Crippen molar-refractivity contribution >= 4 is 45.5 Å². The molecule has 0 atom stereocenters. The van der Waals surface area contributed by atoms with Gasteiger partial charge in [-0.05, 0) is 35.2 Å². The van der Waals surface area contributed by atoms with E-state index >= 15 is 0 Å². The fourth-order valence-electron chi connectivity index (χ4n) is 3.77. The maximum absolute atomic E-state index is 13.6. The van der Waals surface area contributed by atoms with Gasteiger partial charge in [-0.1, -0.05) is 57.2 Å². The number of ether oxygens (including phenoxy) is 1. The van der Waals surface area contributed by atoms with Gasteiger partial charge in [0.15, 0.2) is 5.78 Å². The fourth-order valence-corrected chi connectivity index (χ4v) is 4.42. The van der Waals surface area contributed by atoms with Gasteiger partial charge in [0.05, 0.1) is 29.6 Å². The third-order valence-corrected chi connectivity index (χ3v) is 6.35. The molecule has 0 fully saturated rings.